The highest BCUT2D eigenvalue weighted by Crippen LogP contribution is 2.15. The fourth-order valence-electron chi connectivity index (χ4n) is 1.13. The quantitative estimate of drug-likeness (QED) is 0.695. The molecule has 0 amide bonds. The summed E-state index contributed by atoms with van der Waals surface area (Å²) in [6, 6.07) is 1.91. The van der Waals surface area contributed by atoms with Crippen molar-refractivity contribution >= 4 is 17.1 Å². The number of carbonyl (C=O) groups is 1. The van der Waals surface area contributed by atoms with Gasteiger partial charge in [0, 0.05) is 22.4 Å². The molecule has 1 rings (SSSR count). The Morgan fingerprint density at radius 2 is 2.38 bits per heavy atom. The minimum atomic E-state index is -0.320. The van der Waals surface area contributed by atoms with Gasteiger partial charge in [-0.05, 0) is 26.8 Å². The molecule has 3 heteroatoms. The number of rotatable bonds is 4. The molecule has 1 aromatic rings. The van der Waals surface area contributed by atoms with Crippen LogP contribution in [0.15, 0.2) is 11.4 Å². The van der Waals surface area contributed by atoms with Crippen molar-refractivity contribution in [2.45, 2.75) is 26.9 Å². The number of hydrogen-bond donors (Lipinski definition) is 0. The summed E-state index contributed by atoms with van der Waals surface area (Å²) >= 11 is 1.59. The van der Waals surface area contributed by atoms with Crippen molar-refractivity contribution < 1.29 is 9.53 Å². The van der Waals surface area contributed by atoms with Crippen molar-refractivity contribution in [1.82, 2.24) is 0 Å². The molecule has 1 unspecified atom stereocenters. The van der Waals surface area contributed by atoms with E-state index in [1.807, 2.05) is 25.3 Å². The smallest absolute Gasteiger partial charge is 0.192 e. The minimum absolute atomic E-state index is 0.0752. The number of carbonyl (C=O) groups excluding carboxylic acids is 1. The van der Waals surface area contributed by atoms with Crippen LogP contribution in [0.4, 0.5) is 0 Å². The molecule has 72 valence electrons. The van der Waals surface area contributed by atoms with Gasteiger partial charge in [-0.25, -0.2) is 0 Å². The van der Waals surface area contributed by atoms with Crippen LogP contribution in [0, 0.1) is 6.92 Å². The Bertz CT molecular complexity index is 291. The van der Waals surface area contributed by atoms with Gasteiger partial charge in [-0.15, -0.1) is 11.3 Å². The average Bonchev–Trinajstić information content (AvgIpc) is 2.51. The Hall–Kier alpha value is -0.670. The molecule has 0 saturated heterocycles. The lowest BCUT2D eigenvalue weighted by atomic mass is 10.1. The Morgan fingerprint density at radius 3 is 2.85 bits per heavy atom. The van der Waals surface area contributed by atoms with E-state index in [4.69, 9.17) is 4.74 Å². The Balaban J connectivity index is 2.67. The summed E-state index contributed by atoms with van der Waals surface area (Å²) < 4.78 is 5.22. The third-order valence-corrected chi connectivity index (χ3v) is 2.66. The van der Waals surface area contributed by atoms with Crippen molar-refractivity contribution in [3.63, 3.8) is 0 Å². The van der Waals surface area contributed by atoms with Crippen molar-refractivity contribution in [2.75, 3.05) is 6.61 Å². The number of aryl methyl sites for hydroxylation is 1. The molecule has 2 nitrogen and oxygen atoms in total. The van der Waals surface area contributed by atoms with Crippen LogP contribution >= 0.6 is 11.3 Å². The molecule has 0 fully saturated rings. The highest BCUT2D eigenvalue weighted by molar-refractivity contribution is 7.10. The van der Waals surface area contributed by atoms with Crippen LogP contribution in [0.2, 0.25) is 0 Å². The Labute approximate surface area is 82.5 Å². The zero-order chi connectivity index (χ0) is 9.84. The first-order valence-corrected chi connectivity index (χ1v) is 5.24. The van der Waals surface area contributed by atoms with E-state index >= 15 is 0 Å². The predicted octanol–water partition coefficient (Wildman–Crippen LogP) is 2.66. The third kappa shape index (κ3) is 2.64. The van der Waals surface area contributed by atoms with E-state index in [2.05, 4.69) is 0 Å². The van der Waals surface area contributed by atoms with Crippen molar-refractivity contribution in [2.24, 2.45) is 0 Å². The first-order chi connectivity index (χ1) is 6.15. The standard InChI is InChI=1S/C10H14O2S/c1-4-12-8(3)10(11)9-5-7(2)13-6-9/h5-6,8H,4H2,1-3H3. The number of ether oxygens (including phenoxy) is 1. The SMILES string of the molecule is CCOC(C)C(=O)c1csc(C)c1. The lowest BCUT2D eigenvalue weighted by Gasteiger charge is -2.08. The number of Topliss-reactive ketones (excluding diaryl/α,β-unsaturated/α-hetero) is 1. The summed E-state index contributed by atoms with van der Waals surface area (Å²) in [5, 5.41) is 1.88. The Morgan fingerprint density at radius 1 is 1.69 bits per heavy atom. The number of hydrogen-bond acceptors (Lipinski definition) is 3. The van der Waals surface area contributed by atoms with Crippen molar-refractivity contribution in [3.05, 3.63) is 21.9 Å². The minimum Gasteiger partial charge on any atom is -0.371 e. The van der Waals surface area contributed by atoms with Crippen LogP contribution in [0.3, 0.4) is 0 Å². The maximum atomic E-state index is 11.6. The van der Waals surface area contributed by atoms with E-state index in [0.29, 0.717) is 6.61 Å². The van der Waals surface area contributed by atoms with Gasteiger partial charge in [-0.2, -0.15) is 0 Å². The highest BCUT2D eigenvalue weighted by atomic mass is 32.1. The van der Waals surface area contributed by atoms with E-state index in [0.717, 1.165) is 10.4 Å². The largest absolute Gasteiger partial charge is 0.371 e. The van der Waals surface area contributed by atoms with Crippen molar-refractivity contribution in [1.29, 1.82) is 0 Å². The fraction of sp³-hybridized carbons (Fsp3) is 0.500. The second kappa shape index (κ2) is 4.53. The molecule has 1 aromatic heterocycles. The normalized spacial score (nSPS) is 12.8. The van der Waals surface area contributed by atoms with Gasteiger partial charge in [0.2, 0.25) is 0 Å². The maximum Gasteiger partial charge on any atom is 0.192 e. The summed E-state index contributed by atoms with van der Waals surface area (Å²) in [5.74, 6) is 0.0752. The molecule has 0 radical (unpaired) electrons. The van der Waals surface area contributed by atoms with Gasteiger partial charge in [-0.3, -0.25) is 4.79 Å². The highest BCUT2D eigenvalue weighted by Gasteiger charge is 2.15. The summed E-state index contributed by atoms with van der Waals surface area (Å²) in [4.78, 5) is 12.8. The van der Waals surface area contributed by atoms with E-state index in [1.165, 1.54) is 0 Å². The summed E-state index contributed by atoms with van der Waals surface area (Å²) in [5.41, 5.74) is 0.767. The molecule has 0 aliphatic heterocycles. The Kier molecular flexibility index (Phi) is 3.63. The number of thiophene rings is 1. The van der Waals surface area contributed by atoms with Gasteiger partial charge in [0.1, 0.15) is 6.10 Å². The fourth-order valence-corrected chi connectivity index (χ4v) is 1.83. The molecule has 0 aliphatic rings. The van der Waals surface area contributed by atoms with E-state index in [1.54, 1.807) is 18.3 Å². The van der Waals surface area contributed by atoms with Crippen LogP contribution in [0.5, 0.6) is 0 Å². The molecular formula is C10H14O2S. The van der Waals surface area contributed by atoms with Crippen LogP contribution in [-0.4, -0.2) is 18.5 Å². The van der Waals surface area contributed by atoms with Gasteiger partial charge in [0.05, 0.1) is 0 Å². The molecule has 1 heterocycles. The molecule has 0 bridgehead atoms. The molecule has 1 atom stereocenters. The average molecular weight is 198 g/mol. The lowest BCUT2D eigenvalue weighted by Crippen LogP contribution is -2.20. The van der Waals surface area contributed by atoms with Crippen LogP contribution < -0.4 is 0 Å². The zero-order valence-corrected chi connectivity index (χ0v) is 8.98. The molecular weight excluding hydrogens is 184 g/mol. The second-order valence-electron chi connectivity index (χ2n) is 2.91. The predicted molar refractivity (Wildman–Crippen MR) is 54.5 cm³/mol. The van der Waals surface area contributed by atoms with Gasteiger partial charge >= 0.3 is 0 Å². The van der Waals surface area contributed by atoms with E-state index in [9.17, 15) is 4.79 Å². The monoisotopic (exact) mass is 198 g/mol. The summed E-state index contributed by atoms with van der Waals surface area (Å²) in [6.07, 6.45) is -0.320. The van der Waals surface area contributed by atoms with Gasteiger partial charge in [0.15, 0.2) is 5.78 Å². The molecule has 0 aliphatic carbocycles. The molecule has 13 heavy (non-hydrogen) atoms. The summed E-state index contributed by atoms with van der Waals surface area (Å²) in [7, 11) is 0. The molecule has 0 saturated carbocycles. The van der Waals surface area contributed by atoms with E-state index in [-0.39, 0.29) is 11.9 Å². The van der Waals surface area contributed by atoms with Gasteiger partial charge in [0.25, 0.3) is 0 Å². The summed E-state index contributed by atoms with van der Waals surface area (Å²) in [6.45, 7) is 6.25. The van der Waals surface area contributed by atoms with Gasteiger partial charge < -0.3 is 4.74 Å². The lowest BCUT2D eigenvalue weighted by molar-refractivity contribution is 0.0521. The maximum absolute atomic E-state index is 11.6. The van der Waals surface area contributed by atoms with E-state index < -0.39 is 0 Å². The zero-order valence-electron chi connectivity index (χ0n) is 8.16. The van der Waals surface area contributed by atoms with Crippen LogP contribution in [0.1, 0.15) is 29.1 Å². The van der Waals surface area contributed by atoms with Crippen molar-refractivity contribution in [3.8, 4) is 0 Å². The number of ketones is 1. The first kappa shape index (κ1) is 10.4. The molecule has 0 aromatic carbocycles. The third-order valence-electron chi connectivity index (χ3n) is 1.80. The molecule has 0 spiro atoms. The topological polar surface area (TPSA) is 26.3 Å². The van der Waals surface area contributed by atoms with Crippen LogP contribution in [-0.2, 0) is 4.74 Å². The van der Waals surface area contributed by atoms with Gasteiger partial charge in [-0.1, -0.05) is 0 Å². The first-order valence-electron chi connectivity index (χ1n) is 4.36. The second-order valence-corrected chi connectivity index (χ2v) is 4.02. The molecule has 0 N–H and O–H groups in total. The van der Waals surface area contributed by atoms with Crippen LogP contribution in [0.25, 0.3) is 0 Å².